The van der Waals surface area contributed by atoms with Gasteiger partial charge in [-0.15, -0.1) is 0 Å². The van der Waals surface area contributed by atoms with E-state index in [9.17, 15) is 8.42 Å². The fourth-order valence-corrected chi connectivity index (χ4v) is 5.32. The summed E-state index contributed by atoms with van der Waals surface area (Å²) in [6, 6.07) is 6.48. The molecule has 2 N–H and O–H groups in total. The fraction of sp³-hybridized carbons (Fsp3) is 0.579. The topological polar surface area (TPSA) is 65.2 Å². The molecule has 1 aromatic carbocycles. The first-order chi connectivity index (χ1) is 11.6. The maximum Gasteiger partial charge on any atom is 0.216 e. The first-order valence-corrected chi connectivity index (χ1v) is 10.6. The van der Waals surface area contributed by atoms with Gasteiger partial charge in [0.1, 0.15) is 0 Å². The van der Waals surface area contributed by atoms with Crippen LogP contribution < -0.4 is 4.72 Å². The molecule has 1 saturated heterocycles. The number of fused-ring (bicyclic) bond motifs is 1. The van der Waals surface area contributed by atoms with E-state index in [-0.39, 0.29) is 5.75 Å². The van der Waals surface area contributed by atoms with Gasteiger partial charge >= 0.3 is 0 Å². The lowest BCUT2D eigenvalue weighted by Crippen LogP contribution is -2.41. The van der Waals surface area contributed by atoms with E-state index >= 15 is 0 Å². The molecular formula is C19H29N3O2S. The minimum atomic E-state index is -3.36. The minimum Gasteiger partial charge on any atom is -0.361 e. The molecule has 0 aliphatic carbocycles. The highest BCUT2D eigenvalue weighted by Crippen LogP contribution is 2.26. The summed E-state index contributed by atoms with van der Waals surface area (Å²) in [5.41, 5.74) is 2.71. The molecule has 0 bridgehead atoms. The molecule has 25 heavy (non-hydrogen) atoms. The van der Waals surface area contributed by atoms with E-state index in [0.29, 0.717) is 6.04 Å². The van der Waals surface area contributed by atoms with Crippen molar-refractivity contribution in [2.75, 3.05) is 13.6 Å². The number of rotatable bonds is 5. The third-order valence-electron chi connectivity index (χ3n) is 4.78. The predicted molar refractivity (Wildman–Crippen MR) is 103 cm³/mol. The number of likely N-dealkylation sites (tertiary alicyclic amines) is 1. The molecule has 2 heterocycles. The largest absolute Gasteiger partial charge is 0.361 e. The van der Waals surface area contributed by atoms with Gasteiger partial charge in [0.25, 0.3) is 0 Å². The molecule has 0 radical (unpaired) electrons. The summed E-state index contributed by atoms with van der Waals surface area (Å²) >= 11 is 0. The van der Waals surface area contributed by atoms with Gasteiger partial charge in [-0.1, -0.05) is 6.07 Å². The third-order valence-corrected chi connectivity index (χ3v) is 6.41. The van der Waals surface area contributed by atoms with E-state index in [0.717, 1.165) is 29.4 Å². The number of hydrogen-bond donors (Lipinski definition) is 2. The summed E-state index contributed by atoms with van der Waals surface area (Å²) in [7, 11) is -1.17. The van der Waals surface area contributed by atoms with Gasteiger partial charge in [0.2, 0.25) is 10.0 Å². The van der Waals surface area contributed by atoms with Crippen LogP contribution in [0.15, 0.2) is 24.4 Å². The number of nitrogens with one attached hydrogen (secondary N) is 2. The van der Waals surface area contributed by atoms with Crippen molar-refractivity contribution in [1.82, 2.24) is 14.6 Å². The number of aromatic amines is 1. The Kier molecular flexibility index (Phi) is 4.97. The molecule has 0 spiro atoms. The second kappa shape index (κ2) is 6.74. The van der Waals surface area contributed by atoms with Crippen LogP contribution in [-0.4, -0.2) is 43.5 Å². The number of H-pyrrole nitrogens is 1. The van der Waals surface area contributed by atoms with Crippen molar-refractivity contribution in [3.8, 4) is 0 Å². The highest BCUT2D eigenvalue weighted by atomic mass is 32.2. The molecule has 5 nitrogen and oxygen atoms in total. The van der Waals surface area contributed by atoms with E-state index < -0.39 is 15.6 Å². The van der Waals surface area contributed by atoms with Crippen molar-refractivity contribution in [2.24, 2.45) is 0 Å². The van der Waals surface area contributed by atoms with Crippen LogP contribution in [0.4, 0.5) is 0 Å². The van der Waals surface area contributed by atoms with Crippen LogP contribution in [-0.2, 0) is 22.2 Å². The molecule has 3 rings (SSSR count). The molecule has 138 valence electrons. The Labute approximate surface area is 150 Å². The van der Waals surface area contributed by atoms with Crippen LogP contribution in [0.3, 0.4) is 0 Å². The van der Waals surface area contributed by atoms with Crippen LogP contribution in [0.1, 0.15) is 44.7 Å². The van der Waals surface area contributed by atoms with Gasteiger partial charge in [0, 0.05) is 28.7 Å². The Bertz CT molecular complexity index is 849. The van der Waals surface area contributed by atoms with Crippen LogP contribution in [0.2, 0.25) is 0 Å². The zero-order chi connectivity index (χ0) is 18.2. The summed E-state index contributed by atoms with van der Waals surface area (Å²) in [6.45, 7) is 6.73. The van der Waals surface area contributed by atoms with Crippen LogP contribution in [0.25, 0.3) is 10.9 Å². The van der Waals surface area contributed by atoms with E-state index in [1.807, 2.05) is 39.0 Å². The highest BCUT2D eigenvalue weighted by Gasteiger charge is 2.23. The fourth-order valence-electron chi connectivity index (χ4n) is 3.70. The Hall–Kier alpha value is -1.37. The quantitative estimate of drug-likeness (QED) is 0.858. The second-order valence-corrected chi connectivity index (χ2v) is 10.0. The normalized spacial score (nSPS) is 19.8. The first kappa shape index (κ1) is 18.4. The monoisotopic (exact) mass is 363 g/mol. The molecule has 2 aromatic rings. The van der Waals surface area contributed by atoms with Crippen molar-refractivity contribution in [2.45, 2.75) is 57.4 Å². The average molecular weight is 364 g/mol. The summed E-state index contributed by atoms with van der Waals surface area (Å²) in [5, 5.41) is 1.14. The Morgan fingerprint density at radius 1 is 1.32 bits per heavy atom. The summed E-state index contributed by atoms with van der Waals surface area (Å²) in [5.74, 6) is 0.00810. The lowest BCUT2D eigenvalue weighted by Gasteiger charge is -2.20. The lowest BCUT2D eigenvalue weighted by atomic mass is 10.0. The Balaban J connectivity index is 1.83. The van der Waals surface area contributed by atoms with Crippen molar-refractivity contribution >= 4 is 20.9 Å². The zero-order valence-electron chi connectivity index (χ0n) is 15.6. The van der Waals surface area contributed by atoms with Gasteiger partial charge < -0.3 is 9.88 Å². The highest BCUT2D eigenvalue weighted by molar-refractivity contribution is 7.88. The maximum atomic E-state index is 12.4. The third kappa shape index (κ3) is 4.63. The smallest absolute Gasteiger partial charge is 0.216 e. The maximum absolute atomic E-state index is 12.4. The standard InChI is InChI=1S/C19H29N3O2S/c1-19(2,3)21-25(23,24)13-14-7-8-18-17(10-14)15(12-20-18)11-16-6-5-9-22(16)4/h7-8,10,12,16,20-21H,5-6,9,11,13H2,1-4H3/t16-/m1/s1. The number of likely N-dealkylation sites (N-methyl/N-ethyl adjacent to an activating group) is 1. The molecule has 6 heteroatoms. The number of benzene rings is 1. The SMILES string of the molecule is CN1CCC[C@@H]1Cc1c[nH]c2ccc(CS(=O)(=O)NC(C)(C)C)cc12. The van der Waals surface area contributed by atoms with Crippen LogP contribution in [0.5, 0.6) is 0 Å². The molecule has 0 unspecified atom stereocenters. The number of nitrogens with zero attached hydrogens (tertiary/aromatic N) is 1. The first-order valence-electron chi connectivity index (χ1n) is 8.94. The molecule has 1 aromatic heterocycles. The summed E-state index contributed by atoms with van der Waals surface area (Å²) in [6.07, 6.45) is 5.56. The molecular weight excluding hydrogens is 334 g/mol. The minimum absolute atomic E-state index is 0.00810. The van der Waals surface area contributed by atoms with E-state index in [1.54, 1.807) is 0 Å². The Morgan fingerprint density at radius 3 is 2.72 bits per heavy atom. The van der Waals surface area contributed by atoms with Gasteiger partial charge in [-0.25, -0.2) is 13.1 Å². The molecule has 1 aliphatic heterocycles. The lowest BCUT2D eigenvalue weighted by molar-refractivity contribution is 0.310. The molecule has 1 fully saturated rings. The van der Waals surface area contributed by atoms with Crippen molar-refractivity contribution in [3.05, 3.63) is 35.5 Å². The second-order valence-electron chi connectivity index (χ2n) is 8.29. The molecule has 1 aliphatic rings. The number of sulfonamides is 1. The molecule has 1 atom stereocenters. The van der Waals surface area contributed by atoms with E-state index in [2.05, 4.69) is 27.9 Å². The van der Waals surface area contributed by atoms with Crippen LogP contribution in [0, 0.1) is 0 Å². The van der Waals surface area contributed by atoms with E-state index in [4.69, 9.17) is 0 Å². The van der Waals surface area contributed by atoms with Gasteiger partial charge in [0.15, 0.2) is 0 Å². The summed E-state index contributed by atoms with van der Waals surface area (Å²) < 4.78 is 27.5. The van der Waals surface area contributed by atoms with Crippen molar-refractivity contribution in [1.29, 1.82) is 0 Å². The zero-order valence-corrected chi connectivity index (χ0v) is 16.4. The number of aromatic nitrogens is 1. The Morgan fingerprint density at radius 2 is 2.08 bits per heavy atom. The number of hydrogen-bond acceptors (Lipinski definition) is 3. The van der Waals surface area contributed by atoms with Crippen LogP contribution >= 0.6 is 0 Å². The van der Waals surface area contributed by atoms with Crippen molar-refractivity contribution in [3.63, 3.8) is 0 Å². The van der Waals surface area contributed by atoms with Gasteiger partial charge in [-0.2, -0.15) is 0 Å². The van der Waals surface area contributed by atoms with Gasteiger partial charge in [-0.05, 0) is 76.9 Å². The average Bonchev–Trinajstić information content (AvgIpc) is 3.03. The van der Waals surface area contributed by atoms with Gasteiger partial charge in [-0.3, -0.25) is 0 Å². The van der Waals surface area contributed by atoms with Gasteiger partial charge in [0.05, 0.1) is 5.75 Å². The summed E-state index contributed by atoms with van der Waals surface area (Å²) in [4.78, 5) is 5.74. The van der Waals surface area contributed by atoms with Crippen molar-refractivity contribution < 1.29 is 8.42 Å². The molecule has 0 amide bonds. The van der Waals surface area contributed by atoms with E-state index in [1.165, 1.54) is 18.4 Å². The molecule has 0 saturated carbocycles. The predicted octanol–water partition coefficient (Wildman–Crippen LogP) is 3.02.